The monoisotopic (exact) mass is 264 g/mol. The summed E-state index contributed by atoms with van der Waals surface area (Å²) >= 11 is 0. The van der Waals surface area contributed by atoms with Gasteiger partial charge in [0.25, 0.3) is 0 Å². The predicted molar refractivity (Wildman–Crippen MR) is 69.4 cm³/mol. The van der Waals surface area contributed by atoms with E-state index in [2.05, 4.69) is 4.98 Å². The van der Waals surface area contributed by atoms with Gasteiger partial charge < -0.3 is 19.1 Å². The van der Waals surface area contributed by atoms with E-state index in [0.717, 1.165) is 0 Å². The van der Waals surface area contributed by atoms with Crippen LogP contribution in [0.3, 0.4) is 0 Å². The molecule has 1 atom stereocenters. The van der Waals surface area contributed by atoms with Crippen LogP contribution in [0.15, 0.2) is 24.5 Å². The first-order valence-electron chi connectivity index (χ1n) is 5.86. The summed E-state index contributed by atoms with van der Waals surface area (Å²) in [5.41, 5.74) is 1.50. The van der Waals surface area contributed by atoms with Crippen molar-refractivity contribution in [2.75, 3.05) is 20.8 Å². The highest BCUT2D eigenvalue weighted by molar-refractivity contribution is 6.01. The molecule has 0 saturated heterocycles. The number of hydrogen-bond acceptors (Lipinski definition) is 4. The minimum Gasteiger partial charge on any atom is -0.478 e. The van der Waals surface area contributed by atoms with Crippen LogP contribution in [0.1, 0.15) is 10.4 Å². The molecule has 0 aliphatic rings. The molecule has 102 valence electrons. The highest BCUT2D eigenvalue weighted by atomic mass is 16.5. The number of carbonyl (C=O) groups is 1. The predicted octanol–water partition coefficient (Wildman–Crippen LogP) is 1.40. The lowest BCUT2D eigenvalue weighted by Gasteiger charge is -2.15. The standard InChI is InChI=1S/C13H16N2O4/c1-18-7-9(19-2)6-15-8-14-11-5-3-4-10(12(11)15)13(16)17/h3-5,8-9H,6-7H2,1-2H3,(H,16,17). The number of para-hydroxylation sites is 1. The fourth-order valence-electron chi connectivity index (χ4n) is 2.04. The van der Waals surface area contributed by atoms with E-state index in [9.17, 15) is 9.90 Å². The van der Waals surface area contributed by atoms with Gasteiger partial charge in [-0.3, -0.25) is 0 Å². The molecule has 0 fully saturated rings. The molecule has 1 N–H and O–H groups in total. The zero-order valence-electron chi connectivity index (χ0n) is 10.9. The van der Waals surface area contributed by atoms with Crippen molar-refractivity contribution < 1.29 is 19.4 Å². The van der Waals surface area contributed by atoms with Crippen LogP contribution in [-0.4, -0.2) is 47.6 Å². The highest BCUT2D eigenvalue weighted by Gasteiger charge is 2.16. The van der Waals surface area contributed by atoms with Crippen molar-refractivity contribution in [2.24, 2.45) is 0 Å². The van der Waals surface area contributed by atoms with Crippen molar-refractivity contribution in [2.45, 2.75) is 12.6 Å². The first-order valence-corrected chi connectivity index (χ1v) is 5.86. The molecule has 6 heteroatoms. The number of ether oxygens (including phenoxy) is 2. The Labute approximate surface area is 110 Å². The van der Waals surface area contributed by atoms with E-state index in [1.165, 1.54) is 0 Å². The molecule has 0 spiro atoms. The molecule has 1 aromatic carbocycles. The lowest BCUT2D eigenvalue weighted by molar-refractivity contribution is 0.0189. The fourth-order valence-corrected chi connectivity index (χ4v) is 2.04. The number of aromatic carboxylic acids is 1. The molecule has 0 bridgehead atoms. The maximum Gasteiger partial charge on any atom is 0.337 e. The maximum atomic E-state index is 11.2. The molecule has 1 unspecified atom stereocenters. The van der Waals surface area contributed by atoms with Crippen LogP contribution in [0.25, 0.3) is 11.0 Å². The number of imidazole rings is 1. The van der Waals surface area contributed by atoms with E-state index in [-0.39, 0.29) is 11.7 Å². The van der Waals surface area contributed by atoms with Crippen LogP contribution in [0, 0.1) is 0 Å². The van der Waals surface area contributed by atoms with Crippen molar-refractivity contribution in [1.29, 1.82) is 0 Å². The van der Waals surface area contributed by atoms with E-state index in [1.807, 2.05) is 0 Å². The lowest BCUT2D eigenvalue weighted by Crippen LogP contribution is -2.23. The molecule has 0 aliphatic heterocycles. The number of fused-ring (bicyclic) bond motifs is 1. The fraction of sp³-hybridized carbons (Fsp3) is 0.385. The van der Waals surface area contributed by atoms with Gasteiger partial charge in [0, 0.05) is 14.2 Å². The largest absolute Gasteiger partial charge is 0.478 e. The smallest absolute Gasteiger partial charge is 0.337 e. The van der Waals surface area contributed by atoms with Crippen LogP contribution in [0.4, 0.5) is 0 Å². The molecule has 0 amide bonds. The number of benzene rings is 1. The van der Waals surface area contributed by atoms with Crippen LogP contribution in [0.5, 0.6) is 0 Å². The molecule has 2 rings (SSSR count). The zero-order chi connectivity index (χ0) is 13.8. The van der Waals surface area contributed by atoms with Gasteiger partial charge in [-0.1, -0.05) is 6.07 Å². The van der Waals surface area contributed by atoms with Crippen molar-refractivity contribution in [1.82, 2.24) is 9.55 Å². The molecule has 0 radical (unpaired) electrons. The van der Waals surface area contributed by atoms with E-state index in [1.54, 1.807) is 43.3 Å². The number of rotatable bonds is 6. The van der Waals surface area contributed by atoms with Gasteiger partial charge in [-0.25, -0.2) is 9.78 Å². The van der Waals surface area contributed by atoms with Gasteiger partial charge in [0.15, 0.2) is 0 Å². The van der Waals surface area contributed by atoms with Gasteiger partial charge in [0.1, 0.15) is 0 Å². The Bertz CT molecular complexity index is 579. The number of methoxy groups -OCH3 is 2. The Morgan fingerprint density at radius 1 is 1.47 bits per heavy atom. The summed E-state index contributed by atoms with van der Waals surface area (Å²) in [6.07, 6.45) is 1.47. The first-order chi connectivity index (χ1) is 9.17. The van der Waals surface area contributed by atoms with Gasteiger partial charge in [-0.05, 0) is 12.1 Å². The SMILES string of the molecule is COCC(Cn1cnc2cccc(C(=O)O)c21)OC. The maximum absolute atomic E-state index is 11.2. The number of nitrogens with zero attached hydrogens (tertiary/aromatic N) is 2. The highest BCUT2D eigenvalue weighted by Crippen LogP contribution is 2.18. The first kappa shape index (κ1) is 13.5. The molecule has 1 heterocycles. The van der Waals surface area contributed by atoms with Gasteiger partial charge in [0.2, 0.25) is 0 Å². The summed E-state index contributed by atoms with van der Waals surface area (Å²) in [4.78, 5) is 15.5. The molecule has 0 aliphatic carbocycles. The Kier molecular flexibility index (Phi) is 4.13. The third kappa shape index (κ3) is 2.74. The summed E-state index contributed by atoms with van der Waals surface area (Å²) < 4.78 is 12.1. The second kappa shape index (κ2) is 5.81. The number of aromatic nitrogens is 2. The van der Waals surface area contributed by atoms with Crippen molar-refractivity contribution in [3.8, 4) is 0 Å². The van der Waals surface area contributed by atoms with Crippen LogP contribution < -0.4 is 0 Å². The van der Waals surface area contributed by atoms with Gasteiger partial charge in [0.05, 0.1) is 42.2 Å². The normalized spacial score (nSPS) is 12.7. The number of carboxylic acid groups (broad SMARTS) is 1. The van der Waals surface area contributed by atoms with Crippen molar-refractivity contribution >= 4 is 17.0 Å². The minimum absolute atomic E-state index is 0.149. The van der Waals surface area contributed by atoms with Crippen LogP contribution >= 0.6 is 0 Å². The third-order valence-electron chi connectivity index (χ3n) is 2.95. The lowest BCUT2D eigenvalue weighted by atomic mass is 10.2. The third-order valence-corrected chi connectivity index (χ3v) is 2.95. The Morgan fingerprint density at radius 3 is 2.89 bits per heavy atom. The minimum atomic E-state index is -0.965. The Hall–Kier alpha value is -1.92. The Balaban J connectivity index is 2.40. The summed E-state index contributed by atoms with van der Waals surface area (Å²) in [6, 6.07) is 5.05. The van der Waals surface area contributed by atoms with E-state index in [4.69, 9.17) is 9.47 Å². The van der Waals surface area contributed by atoms with Gasteiger partial charge in [-0.15, -0.1) is 0 Å². The number of hydrogen-bond donors (Lipinski definition) is 1. The molecular weight excluding hydrogens is 248 g/mol. The van der Waals surface area contributed by atoms with Crippen molar-refractivity contribution in [3.63, 3.8) is 0 Å². The zero-order valence-corrected chi connectivity index (χ0v) is 10.9. The quantitative estimate of drug-likeness (QED) is 0.853. The Morgan fingerprint density at radius 2 is 2.26 bits per heavy atom. The molecule has 0 saturated carbocycles. The topological polar surface area (TPSA) is 73.6 Å². The number of carboxylic acids is 1. The molecule has 19 heavy (non-hydrogen) atoms. The average molecular weight is 264 g/mol. The van der Waals surface area contributed by atoms with E-state index in [0.29, 0.717) is 24.2 Å². The second-order valence-electron chi connectivity index (χ2n) is 4.19. The second-order valence-corrected chi connectivity index (χ2v) is 4.19. The van der Waals surface area contributed by atoms with Crippen LogP contribution in [0.2, 0.25) is 0 Å². The van der Waals surface area contributed by atoms with Gasteiger partial charge >= 0.3 is 5.97 Å². The van der Waals surface area contributed by atoms with Crippen molar-refractivity contribution in [3.05, 3.63) is 30.1 Å². The summed E-state index contributed by atoms with van der Waals surface area (Å²) in [5.74, 6) is -0.965. The van der Waals surface area contributed by atoms with Gasteiger partial charge in [-0.2, -0.15) is 0 Å². The molecule has 2 aromatic rings. The van der Waals surface area contributed by atoms with Crippen LogP contribution in [-0.2, 0) is 16.0 Å². The average Bonchev–Trinajstić information content (AvgIpc) is 2.81. The summed E-state index contributed by atoms with van der Waals surface area (Å²) in [6.45, 7) is 0.927. The molecule has 6 nitrogen and oxygen atoms in total. The molecular formula is C13H16N2O4. The van der Waals surface area contributed by atoms with E-state index < -0.39 is 5.97 Å². The summed E-state index contributed by atoms with van der Waals surface area (Å²) in [5, 5.41) is 9.22. The van der Waals surface area contributed by atoms with E-state index >= 15 is 0 Å². The summed E-state index contributed by atoms with van der Waals surface area (Å²) in [7, 11) is 3.20. The molecule has 1 aromatic heterocycles.